The number of hydrogen-bond donors (Lipinski definition) is 1. The Balaban J connectivity index is 2.74. The van der Waals surface area contributed by atoms with Crippen LogP contribution < -0.4 is 5.73 Å². The van der Waals surface area contributed by atoms with Crippen molar-refractivity contribution in [2.24, 2.45) is 11.7 Å². The predicted molar refractivity (Wildman–Crippen MR) is 71.2 cm³/mol. The van der Waals surface area contributed by atoms with Gasteiger partial charge in [-0.05, 0) is 30.7 Å². The summed E-state index contributed by atoms with van der Waals surface area (Å²) < 4.78 is 5.08. The molecule has 1 atom stereocenters. The topological polar surface area (TPSA) is 59.5 Å². The van der Waals surface area contributed by atoms with Gasteiger partial charge in [0, 0.05) is 19.0 Å². The largest absolute Gasteiger partial charge is 0.440 e. The third-order valence-electron chi connectivity index (χ3n) is 2.43. The molecule has 0 spiro atoms. The molecule has 0 aliphatic carbocycles. The Labute approximate surface area is 111 Å². The number of rotatable bonds is 5. The first-order valence-corrected chi connectivity index (χ1v) is 6.08. The van der Waals surface area contributed by atoms with E-state index in [1.807, 2.05) is 13.8 Å². The molecule has 0 aliphatic rings. The minimum Gasteiger partial charge on any atom is -0.440 e. The minimum atomic E-state index is -0.206. The van der Waals surface area contributed by atoms with Crippen LogP contribution in [0, 0.1) is 5.92 Å². The molecular formula is C11H15ClN2O2S. The molecule has 2 N–H and O–H groups in total. The third kappa shape index (κ3) is 3.71. The van der Waals surface area contributed by atoms with Crippen LogP contribution in [0.3, 0.4) is 0 Å². The number of nitrogens with two attached hydrogens (primary N) is 1. The van der Waals surface area contributed by atoms with E-state index in [1.165, 1.54) is 0 Å². The molecule has 0 aliphatic heterocycles. The van der Waals surface area contributed by atoms with Gasteiger partial charge in [-0.3, -0.25) is 4.79 Å². The van der Waals surface area contributed by atoms with E-state index in [0.29, 0.717) is 18.1 Å². The van der Waals surface area contributed by atoms with Gasteiger partial charge in [0.25, 0.3) is 5.91 Å². The second-order valence-corrected chi connectivity index (χ2v) is 4.59. The molecule has 0 aromatic carbocycles. The highest BCUT2D eigenvalue weighted by molar-refractivity contribution is 7.80. The quantitative estimate of drug-likeness (QED) is 0.837. The minimum absolute atomic E-state index is 0.0284. The van der Waals surface area contributed by atoms with Gasteiger partial charge in [-0.1, -0.05) is 19.1 Å². The maximum Gasteiger partial charge on any atom is 0.289 e. The van der Waals surface area contributed by atoms with Gasteiger partial charge in [-0.25, -0.2) is 0 Å². The number of carbonyl (C=O) groups excluding carboxylic acids is 1. The Morgan fingerprint density at radius 1 is 1.65 bits per heavy atom. The number of furan rings is 1. The molecule has 1 unspecified atom stereocenters. The number of thiocarbonyl (C=S) groups is 1. The number of carbonyl (C=O) groups is 1. The number of nitrogens with zero attached hydrogens (tertiary/aromatic N) is 1. The van der Waals surface area contributed by atoms with Crippen LogP contribution in [0.5, 0.6) is 0 Å². The van der Waals surface area contributed by atoms with Gasteiger partial charge >= 0.3 is 0 Å². The average Bonchev–Trinajstić information content (AvgIpc) is 2.71. The Hall–Kier alpha value is -1.07. The molecular weight excluding hydrogens is 260 g/mol. The number of hydrogen-bond acceptors (Lipinski definition) is 3. The van der Waals surface area contributed by atoms with Crippen molar-refractivity contribution < 1.29 is 9.21 Å². The zero-order valence-electron chi connectivity index (χ0n) is 9.77. The lowest BCUT2D eigenvalue weighted by atomic mass is 10.1. The summed E-state index contributed by atoms with van der Waals surface area (Å²) in [5, 5.41) is 0.201. The predicted octanol–water partition coefficient (Wildman–Crippen LogP) is 2.32. The maximum atomic E-state index is 12.0. The van der Waals surface area contributed by atoms with Gasteiger partial charge in [-0.15, -0.1) is 0 Å². The van der Waals surface area contributed by atoms with Crippen LogP contribution in [0.2, 0.25) is 5.22 Å². The van der Waals surface area contributed by atoms with E-state index in [2.05, 4.69) is 0 Å². The van der Waals surface area contributed by atoms with Crippen molar-refractivity contribution >= 4 is 34.7 Å². The molecule has 1 rings (SSSR count). The van der Waals surface area contributed by atoms with Crippen molar-refractivity contribution in [3.05, 3.63) is 23.1 Å². The highest BCUT2D eigenvalue weighted by Crippen LogP contribution is 2.15. The Morgan fingerprint density at radius 3 is 2.71 bits per heavy atom. The summed E-state index contributed by atoms with van der Waals surface area (Å²) in [5.74, 6) is -0.00572. The van der Waals surface area contributed by atoms with E-state index < -0.39 is 0 Å². The normalized spacial score (nSPS) is 12.2. The fourth-order valence-corrected chi connectivity index (χ4v) is 1.58. The van der Waals surface area contributed by atoms with Gasteiger partial charge in [0.2, 0.25) is 0 Å². The summed E-state index contributed by atoms with van der Waals surface area (Å²) in [6.07, 6.45) is 0. The Bertz CT molecular complexity index is 419. The summed E-state index contributed by atoms with van der Waals surface area (Å²) in [6.45, 7) is 4.80. The Kier molecular flexibility index (Phi) is 4.96. The monoisotopic (exact) mass is 274 g/mol. The zero-order chi connectivity index (χ0) is 13.0. The van der Waals surface area contributed by atoms with E-state index >= 15 is 0 Å². The first-order chi connectivity index (χ1) is 7.95. The van der Waals surface area contributed by atoms with Gasteiger partial charge in [0.15, 0.2) is 11.0 Å². The van der Waals surface area contributed by atoms with Crippen LogP contribution in [0.1, 0.15) is 24.4 Å². The summed E-state index contributed by atoms with van der Waals surface area (Å²) in [6, 6.07) is 3.10. The molecule has 0 fully saturated rings. The second kappa shape index (κ2) is 6.02. The van der Waals surface area contributed by atoms with Crippen LogP contribution in [0.4, 0.5) is 0 Å². The molecule has 0 bridgehead atoms. The van der Waals surface area contributed by atoms with E-state index in [9.17, 15) is 4.79 Å². The van der Waals surface area contributed by atoms with E-state index in [0.717, 1.165) is 0 Å². The smallest absolute Gasteiger partial charge is 0.289 e. The van der Waals surface area contributed by atoms with Crippen LogP contribution in [0.25, 0.3) is 0 Å². The maximum absolute atomic E-state index is 12.0. The molecule has 0 radical (unpaired) electrons. The molecule has 0 saturated heterocycles. The van der Waals surface area contributed by atoms with Crippen molar-refractivity contribution in [2.45, 2.75) is 13.8 Å². The fraction of sp³-hybridized carbons (Fsp3) is 0.455. The van der Waals surface area contributed by atoms with Gasteiger partial charge in [-0.2, -0.15) is 0 Å². The molecule has 17 heavy (non-hydrogen) atoms. The third-order valence-corrected chi connectivity index (χ3v) is 3.04. The summed E-state index contributed by atoms with van der Waals surface area (Å²) in [7, 11) is 0. The second-order valence-electron chi connectivity index (χ2n) is 3.75. The van der Waals surface area contributed by atoms with Gasteiger partial charge in [0.1, 0.15) is 0 Å². The average molecular weight is 275 g/mol. The number of amides is 1. The first kappa shape index (κ1) is 14.0. The molecule has 1 heterocycles. The lowest BCUT2D eigenvalue weighted by molar-refractivity contribution is 0.0723. The fourth-order valence-electron chi connectivity index (χ4n) is 1.36. The lowest BCUT2D eigenvalue weighted by Crippen LogP contribution is -2.38. The Morgan fingerprint density at radius 2 is 2.29 bits per heavy atom. The molecule has 4 nitrogen and oxygen atoms in total. The van der Waals surface area contributed by atoms with Crippen molar-refractivity contribution in [2.75, 3.05) is 13.1 Å². The molecule has 0 saturated carbocycles. The SMILES string of the molecule is CCN(CC(C)C(N)=S)C(=O)c1ccc(Cl)o1. The summed E-state index contributed by atoms with van der Waals surface area (Å²) >= 11 is 10.5. The highest BCUT2D eigenvalue weighted by Gasteiger charge is 2.20. The van der Waals surface area contributed by atoms with Crippen LogP contribution in [-0.4, -0.2) is 28.9 Å². The van der Waals surface area contributed by atoms with Crippen LogP contribution >= 0.6 is 23.8 Å². The summed E-state index contributed by atoms with van der Waals surface area (Å²) in [4.78, 5) is 14.1. The van der Waals surface area contributed by atoms with Crippen molar-refractivity contribution in [1.29, 1.82) is 0 Å². The van der Waals surface area contributed by atoms with Crippen LogP contribution in [-0.2, 0) is 0 Å². The van der Waals surface area contributed by atoms with Gasteiger partial charge in [0.05, 0.1) is 4.99 Å². The highest BCUT2D eigenvalue weighted by atomic mass is 35.5. The molecule has 94 valence electrons. The van der Waals surface area contributed by atoms with E-state index in [1.54, 1.807) is 17.0 Å². The van der Waals surface area contributed by atoms with Gasteiger partial charge < -0.3 is 15.1 Å². The standard InChI is InChI=1S/C11H15ClN2O2S/c1-3-14(6-7(2)10(13)17)11(15)8-4-5-9(12)16-8/h4-5,7H,3,6H2,1-2H3,(H2,13,17). The van der Waals surface area contributed by atoms with Crippen molar-refractivity contribution in [3.8, 4) is 0 Å². The van der Waals surface area contributed by atoms with Crippen molar-refractivity contribution in [3.63, 3.8) is 0 Å². The zero-order valence-corrected chi connectivity index (χ0v) is 11.3. The molecule has 6 heteroatoms. The lowest BCUT2D eigenvalue weighted by Gasteiger charge is -2.23. The molecule has 1 aromatic heterocycles. The molecule has 1 aromatic rings. The number of halogens is 1. The first-order valence-electron chi connectivity index (χ1n) is 5.29. The van der Waals surface area contributed by atoms with Crippen LogP contribution in [0.15, 0.2) is 16.5 Å². The molecule has 1 amide bonds. The van der Waals surface area contributed by atoms with E-state index in [-0.39, 0.29) is 22.8 Å². The van der Waals surface area contributed by atoms with Crippen molar-refractivity contribution in [1.82, 2.24) is 4.90 Å². The van der Waals surface area contributed by atoms with E-state index in [4.69, 9.17) is 34.0 Å². The summed E-state index contributed by atoms with van der Waals surface area (Å²) in [5.41, 5.74) is 5.53.